The van der Waals surface area contributed by atoms with Gasteiger partial charge in [-0.15, -0.1) is 0 Å². The first-order chi connectivity index (χ1) is 12.8. The minimum atomic E-state index is 0.166. The van der Waals surface area contributed by atoms with Crippen molar-refractivity contribution in [3.05, 3.63) is 66.0 Å². The summed E-state index contributed by atoms with van der Waals surface area (Å²) in [6.07, 6.45) is 6.60. The van der Waals surface area contributed by atoms with E-state index in [2.05, 4.69) is 51.2 Å². The van der Waals surface area contributed by atoms with Crippen molar-refractivity contribution in [2.75, 3.05) is 26.2 Å². The summed E-state index contributed by atoms with van der Waals surface area (Å²) < 4.78 is 0. The van der Waals surface area contributed by atoms with Gasteiger partial charge in [-0.25, -0.2) is 0 Å². The molecule has 3 heterocycles. The highest BCUT2D eigenvalue weighted by Gasteiger charge is 2.65. The van der Waals surface area contributed by atoms with Gasteiger partial charge in [0.15, 0.2) is 0 Å². The maximum absolute atomic E-state index is 10.2. The van der Waals surface area contributed by atoms with Crippen molar-refractivity contribution in [1.82, 2.24) is 14.8 Å². The lowest BCUT2D eigenvalue weighted by Gasteiger charge is -2.71. The maximum atomic E-state index is 10.2. The molecule has 2 atom stereocenters. The van der Waals surface area contributed by atoms with E-state index >= 15 is 0 Å². The normalized spacial score (nSPS) is 27.9. The van der Waals surface area contributed by atoms with Crippen LogP contribution in [0.15, 0.2) is 54.9 Å². The molecule has 4 heteroatoms. The molecule has 26 heavy (non-hydrogen) atoms. The summed E-state index contributed by atoms with van der Waals surface area (Å²) in [7, 11) is 0. The Labute approximate surface area is 155 Å². The second-order valence-corrected chi connectivity index (χ2v) is 8.34. The fraction of sp³-hybridized carbons (Fsp3) is 0.500. The van der Waals surface area contributed by atoms with Gasteiger partial charge in [0.25, 0.3) is 0 Å². The third kappa shape index (κ3) is 2.68. The maximum Gasteiger partial charge on any atom is 0.0593 e. The number of benzene rings is 1. The van der Waals surface area contributed by atoms with Gasteiger partial charge in [-0.1, -0.05) is 36.4 Å². The summed E-state index contributed by atoms with van der Waals surface area (Å²) in [5, 5.41) is 10.2. The first kappa shape index (κ1) is 16.4. The number of likely N-dealkylation sites (tertiary alicyclic amines) is 2. The SMILES string of the molecule is OC[C@@H]1[C@@H](c2ccccc2)C2(CN(CC3CC3)C2)N1Cc1cccnc1. The number of hydrogen-bond acceptors (Lipinski definition) is 4. The number of rotatable bonds is 6. The van der Waals surface area contributed by atoms with Crippen LogP contribution in [0.25, 0.3) is 0 Å². The van der Waals surface area contributed by atoms with Gasteiger partial charge in [-0.2, -0.15) is 0 Å². The largest absolute Gasteiger partial charge is 0.395 e. The average Bonchev–Trinajstić information content (AvgIpc) is 3.46. The molecular weight excluding hydrogens is 322 g/mol. The lowest BCUT2D eigenvalue weighted by molar-refractivity contribution is -0.196. The van der Waals surface area contributed by atoms with Crippen molar-refractivity contribution in [3.8, 4) is 0 Å². The van der Waals surface area contributed by atoms with E-state index in [9.17, 15) is 5.11 Å². The van der Waals surface area contributed by atoms with E-state index in [1.165, 1.54) is 30.5 Å². The Morgan fingerprint density at radius 3 is 2.54 bits per heavy atom. The lowest BCUT2D eigenvalue weighted by Crippen LogP contribution is -2.84. The van der Waals surface area contributed by atoms with Gasteiger partial charge < -0.3 is 5.11 Å². The Kier molecular flexibility index (Phi) is 4.07. The Morgan fingerprint density at radius 1 is 1.08 bits per heavy atom. The van der Waals surface area contributed by atoms with Gasteiger partial charge in [0.05, 0.1) is 12.1 Å². The molecule has 0 unspecified atom stereocenters. The van der Waals surface area contributed by atoms with Gasteiger partial charge in [-0.3, -0.25) is 14.8 Å². The third-order valence-electron chi connectivity index (χ3n) is 6.57. The minimum Gasteiger partial charge on any atom is -0.395 e. The summed E-state index contributed by atoms with van der Waals surface area (Å²) in [6.45, 7) is 4.59. The number of pyridine rings is 1. The highest BCUT2D eigenvalue weighted by molar-refractivity contribution is 5.36. The van der Waals surface area contributed by atoms with Crippen LogP contribution in [-0.2, 0) is 6.54 Å². The molecule has 136 valence electrons. The summed E-state index contributed by atoms with van der Waals surface area (Å²) in [5.41, 5.74) is 2.77. The smallest absolute Gasteiger partial charge is 0.0593 e. The summed E-state index contributed by atoms with van der Waals surface area (Å²) in [5.74, 6) is 1.35. The van der Waals surface area contributed by atoms with E-state index in [0.717, 1.165) is 25.6 Å². The summed E-state index contributed by atoms with van der Waals surface area (Å²) >= 11 is 0. The molecule has 1 aromatic carbocycles. The Hall–Kier alpha value is -1.75. The average molecular weight is 349 g/mol. The van der Waals surface area contributed by atoms with Crippen LogP contribution in [0.2, 0.25) is 0 Å². The van der Waals surface area contributed by atoms with Crippen molar-refractivity contribution in [2.45, 2.75) is 36.9 Å². The predicted molar refractivity (Wildman–Crippen MR) is 102 cm³/mol. The number of nitrogens with zero attached hydrogens (tertiary/aromatic N) is 3. The van der Waals surface area contributed by atoms with E-state index in [1.807, 2.05) is 18.5 Å². The van der Waals surface area contributed by atoms with E-state index in [0.29, 0.717) is 5.92 Å². The molecule has 1 aromatic heterocycles. The van der Waals surface area contributed by atoms with Crippen LogP contribution in [0.1, 0.15) is 29.9 Å². The van der Waals surface area contributed by atoms with Gasteiger partial charge >= 0.3 is 0 Å². The number of hydrogen-bond donors (Lipinski definition) is 1. The predicted octanol–water partition coefficient (Wildman–Crippen LogP) is 2.51. The van der Waals surface area contributed by atoms with Crippen molar-refractivity contribution in [1.29, 1.82) is 0 Å². The molecule has 1 aliphatic carbocycles. The molecule has 2 aromatic rings. The highest BCUT2D eigenvalue weighted by Crippen LogP contribution is 2.54. The van der Waals surface area contributed by atoms with Crippen LogP contribution >= 0.6 is 0 Å². The molecule has 5 rings (SSSR count). The van der Waals surface area contributed by atoms with E-state index in [-0.39, 0.29) is 18.2 Å². The fourth-order valence-electron chi connectivity index (χ4n) is 5.23. The molecule has 4 nitrogen and oxygen atoms in total. The zero-order chi connectivity index (χ0) is 17.6. The summed E-state index contributed by atoms with van der Waals surface area (Å²) in [6, 6.07) is 15.1. The van der Waals surface area contributed by atoms with Crippen LogP contribution in [0.4, 0.5) is 0 Å². The molecule has 2 aliphatic heterocycles. The van der Waals surface area contributed by atoms with Crippen LogP contribution in [-0.4, -0.2) is 57.7 Å². The van der Waals surface area contributed by atoms with Crippen LogP contribution < -0.4 is 0 Å². The van der Waals surface area contributed by atoms with Crippen LogP contribution in [0.5, 0.6) is 0 Å². The van der Waals surface area contributed by atoms with Gasteiger partial charge in [0, 0.05) is 50.5 Å². The number of aliphatic hydroxyl groups excluding tert-OH is 1. The van der Waals surface area contributed by atoms with Gasteiger partial charge in [0.2, 0.25) is 0 Å². The van der Waals surface area contributed by atoms with Crippen LogP contribution in [0, 0.1) is 5.92 Å². The summed E-state index contributed by atoms with van der Waals surface area (Å²) in [4.78, 5) is 9.45. The molecule has 1 saturated carbocycles. The first-order valence-electron chi connectivity index (χ1n) is 9.84. The molecular formula is C22H27N3O. The second-order valence-electron chi connectivity index (χ2n) is 8.34. The van der Waals surface area contributed by atoms with E-state index in [1.54, 1.807) is 0 Å². The van der Waals surface area contributed by atoms with Crippen LogP contribution in [0.3, 0.4) is 0 Å². The molecule has 1 spiro atoms. The van der Waals surface area contributed by atoms with E-state index < -0.39 is 0 Å². The number of aromatic nitrogens is 1. The standard InChI is InChI=1S/C22H27N3O/c26-14-20-21(19-6-2-1-3-7-19)22(15-24(16-22)12-17-8-9-17)25(20)13-18-5-4-10-23-11-18/h1-7,10-11,17,20-21,26H,8-9,12-16H2/t20-,21-/m1/s1. The Morgan fingerprint density at radius 2 is 1.88 bits per heavy atom. The Balaban J connectivity index is 1.41. The molecule has 3 fully saturated rings. The molecule has 3 aliphatic rings. The van der Waals surface area contributed by atoms with Gasteiger partial charge in [0.1, 0.15) is 0 Å². The monoisotopic (exact) mass is 349 g/mol. The molecule has 0 amide bonds. The second kappa shape index (κ2) is 6.45. The lowest BCUT2D eigenvalue weighted by atomic mass is 9.60. The quantitative estimate of drug-likeness (QED) is 0.870. The van der Waals surface area contributed by atoms with Crippen molar-refractivity contribution >= 4 is 0 Å². The zero-order valence-corrected chi connectivity index (χ0v) is 15.2. The van der Waals surface area contributed by atoms with Gasteiger partial charge in [-0.05, 0) is 36.0 Å². The highest BCUT2D eigenvalue weighted by atomic mass is 16.3. The molecule has 2 saturated heterocycles. The molecule has 0 radical (unpaired) electrons. The third-order valence-corrected chi connectivity index (χ3v) is 6.57. The molecule has 1 N–H and O–H groups in total. The fourth-order valence-corrected chi connectivity index (χ4v) is 5.23. The first-order valence-corrected chi connectivity index (χ1v) is 9.84. The zero-order valence-electron chi connectivity index (χ0n) is 15.2. The Bertz CT molecular complexity index is 740. The van der Waals surface area contributed by atoms with Crippen molar-refractivity contribution in [3.63, 3.8) is 0 Å². The van der Waals surface area contributed by atoms with E-state index in [4.69, 9.17) is 0 Å². The van der Waals surface area contributed by atoms with Crippen molar-refractivity contribution < 1.29 is 5.11 Å². The number of aliphatic hydroxyl groups is 1. The van der Waals surface area contributed by atoms with Crippen molar-refractivity contribution in [2.24, 2.45) is 5.92 Å². The minimum absolute atomic E-state index is 0.166. The molecule has 0 bridgehead atoms. The topological polar surface area (TPSA) is 39.6 Å².